The van der Waals surface area contributed by atoms with E-state index in [1.54, 1.807) is 18.2 Å². The van der Waals surface area contributed by atoms with Gasteiger partial charge in [-0.25, -0.2) is 0 Å². The van der Waals surface area contributed by atoms with Crippen molar-refractivity contribution < 1.29 is 4.79 Å². The number of hydrogen-bond acceptors (Lipinski definition) is 3. The Hall–Kier alpha value is -1.82. The lowest BCUT2D eigenvalue weighted by Crippen LogP contribution is -2.13. The number of benzene rings is 1. The highest BCUT2D eigenvalue weighted by molar-refractivity contribution is 9.10. The Morgan fingerprint density at radius 2 is 2.17 bits per heavy atom. The van der Waals surface area contributed by atoms with Crippen molar-refractivity contribution in [3.8, 4) is 0 Å². The van der Waals surface area contributed by atoms with Crippen LogP contribution in [0.2, 0.25) is 0 Å². The van der Waals surface area contributed by atoms with Crippen LogP contribution < -0.4 is 11.1 Å². The number of nitrogens with one attached hydrogen (secondary N) is 2. The van der Waals surface area contributed by atoms with Crippen LogP contribution in [0.25, 0.3) is 0 Å². The molecule has 1 heterocycles. The number of hydrogen-bond donors (Lipinski definition) is 3. The van der Waals surface area contributed by atoms with Crippen molar-refractivity contribution in [2.75, 3.05) is 11.1 Å². The lowest BCUT2D eigenvalue weighted by molar-refractivity contribution is 0.102. The van der Waals surface area contributed by atoms with Crippen LogP contribution in [-0.4, -0.2) is 16.1 Å². The highest BCUT2D eigenvalue weighted by Gasteiger charge is 2.12. The van der Waals surface area contributed by atoms with E-state index in [1.807, 2.05) is 13.8 Å². The number of nitrogen functional groups attached to an aromatic ring is 1. The number of nitrogens with two attached hydrogens (primary N) is 1. The van der Waals surface area contributed by atoms with Gasteiger partial charge in [0.2, 0.25) is 0 Å². The van der Waals surface area contributed by atoms with E-state index in [4.69, 9.17) is 5.73 Å². The van der Waals surface area contributed by atoms with Crippen LogP contribution in [0, 0.1) is 13.8 Å². The molecule has 18 heavy (non-hydrogen) atoms. The van der Waals surface area contributed by atoms with Gasteiger partial charge in [0, 0.05) is 15.7 Å². The number of carbonyl (C=O) groups is 1. The number of aromatic amines is 1. The third-order valence-electron chi connectivity index (χ3n) is 2.63. The maximum Gasteiger partial charge on any atom is 0.255 e. The molecule has 0 atom stereocenters. The first-order chi connectivity index (χ1) is 8.49. The summed E-state index contributed by atoms with van der Waals surface area (Å²) in [7, 11) is 0. The van der Waals surface area contributed by atoms with Crippen molar-refractivity contribution in [2.45, 2.75) is 13.8 Å². The Kier molecular flexibility index (Phi) is 3.38. The van der Waals surface area contributed by atoms with Gasteiger partial charge >= 0.3 is 0 Å². The Morgan fingerprint density at radius 1 is 1.44 bits per heavy atom. The summed E-state index contributed by atoms with van der Waals surface area (Å²) >= 11 is 3.30. The summed E-state index contributed by atoms with van der Waals surface area (Å²) in [5.74, 6) is -0.191. The summed E-state index contributed by atoms with van der Waals surface area (Å²) in [6.07, 6.45) is 0. The van der Waals surface area contributed by atoms with Gasteiger partial charge in [-0.2, -0.15) is 5.10 Å². The predicted octanol–water partition coefficient (Wildman–Crippen LogP) is 2.62. The van der Waals surface area contributed by atoms with Crippen molar-refractivity contribution in [1.82, 2.24) is 10.2 Å². The van der Waals surface area contributed by atoms with Crippen molar-refractivity contribution in [1.29, 1.82) is 0 Å². The van der Waals surface area contributed by atoms with Crippen LogP contribution in [0.5, 0.6) is 0 Å². The number of H-pyrrole nitrogens is 1. The number of anilines is 2. The highest BCUT2D eigenvalue weighted by Crippen LogP contribution is 2.22. The number of carbonyl (C=O) groups excluding carboxylic acids is 1. The van der Waals surface area contributed by atoms with Gasteiger partial charge in [0.15, 0.2) is 0 Å². The lowest BCUT2D eigenvalue weighted by Gasteiger charge is -2.06. The van der Waals surface area contributed by atoms with Gasteiger partial charge in [0.05, 0.1) is 17.1 Å². The van der Waals surface area contributed by atoms with E-state index in [0.29, 0.717) is 21.4 Å². The molecule has 6 heteroatoms. The molecule has 0 aliphatic heterocycles. The zero-order valence-corrected chi connectivity index (χ0v) is 11.6. The van der Waals surface area contributed by atoms with Gasteiger partial charge in [-0.15, -0.1) is 0 Å². The lowest BCUT2D eigenvalue weighted by atomic mass is 10.2. The molecule has 5 nitrogen and oxygen atoms in total. The molecular formula is C12H13BrN4O. The van der Waals surface area contributed by atoms with Crippen molar-refractivity contribution in [3.63, 3.8) is 0 Å². The van der Waals surface area contributed by atoms with Crippen LogP contribution in [0.3, 0.4) is 0 Å². The molecule has 0 radical (unpaired) electrons. The molecule has 1 aromatic carbocycles. The Morgan fingerprint density at radius 3 is 2.72 bits per heavy atom. The Balaban J connectivity index is 2.25. The van der Waals surface area contributed by atoms with Crippen LogP contribution in [0.4, 0.5) is 11.4 Å². The molecule has 0 unspecified atom stereocenters. The minimum Gasteiger partial charge on any atom is -0.398 e. The van der Waals surface area contributed by atoms with Gasteiger partial charge < -0.3 is 11.1 Å². The molecular weight excluding hydrogens is 296 g/mol. The summed E-state index contributed by atoms with van der Waals surface area (Å²) < 4.78 is 0.704. The molecule has 0 spiro atoms. The van der Waals surface area contributed by atoms with Gasteiger partial charge in [0.25, 0.3) is 5.91 Å². The van der Waals surface area contributed by atoms with Crippen LogP contribution in [0.15, 0.2) is 22.7 Å². The molecule has 0 aliphatic carbocycles. The molecule has 0 aliphatic rings. The quantitative estimate of drug-likeness (QED) is 0.746. The zero-order chi connectivity index (χ0) is 13.3. The molecule has 0 saturated heterocycles. The second-order valence-corrected chi connectivity index (χ2v) is 4.85. The minimum absolute atomic E-state index is 0.191. The van der Waals surface area contributed by atoms with Gasteiger partial charge in [-0.1, -0.05) is 0 Å². The van der Waals surface area contributed by atoms with E-state index in [2.05, 4.69) is 31.4 Å². The number of amides is 1. The summed E-state index contributed by atoms with van der Waals surface area (Å²) in [5.41, 5.74) is 9.12. The van der Waals surface area contributed by atoms with Crippen molar-refractivity contribution >= 4 is 33.2 Å². The summed E-state index contributed by atoms with van der Waals surface area (Å²) in [6, 6.07) is 5.06. The fraction of sp³-hybridized carbons (Fsp3) is 0.167. The van der Waals surface area contributed by atoms with E-state index >= 15 is 0 Å². The van der Waals surface area contributed by atoms with Crippen LogP contribution in [-0.2, 0) is 0 Å². The second-order valence-electron chi connectivity index (χ2n) is 4.00. The fourth-order valence-electron chi connectivity index (χ4n) is 1.59. The molecule has 2 aromatic rings. The first-order valence-corrected chi connectivity index (χ1v) is 6.16. The monoisotopic (exact) mass is 308 g/mol. The molecule has 2 rings (SSSR count). The molecule has 1 amide bonds. The number of halogens is 1. The molecule has 0 saturated carbocycles. The summed E-state index contributed by atoms with van der Waals surface area (Å²) in [6.45, 7) is 3.69. The van der Waals surface area contributed by atoms with Gasteiger partial charge in [-0.05, 0) is 48.0 Å². The van der Waals surface area contributed by atoms with E-state index in [1.165, 1.54) is 0 Å². The van der Waals surface area contributed by atoms with Gasteiger partial charge in [0.1, 0.15) is 0 Å². The molecule has 4 N–H and O–H groups in total. The number of aromatic nitrogens is 2. The number of aryl methyl sites for hydroxylation is 2. The number of nitrogens with zero attached hydrogens (tertiary/aromatic N) is 1. The Bertz CT molecular complexity index is 587. The highest BCUT2D eigenvalue weighted by atomic mass is 79.9. The van der Waals surface area contributed by atoms with Gasteiger partial charge in [-0.3, -0.25) is 9.89 Å². The third-order valence-corrected chi connectivity index (χ3v) is 3.32. The normalized spacial score (nSPS) is 10.4. The standard InChI is InChI=1S/C12H13BrN4O/c1-6-11(7(2)17-16-6)15-12(18)8-3-4-10(14)9(13)5-8/h3-5H,14H2,1-2H3,(H,15,18)(H,16,17). The fourth-order valence-corrected chi connectivity index (χ4v) is 1.97. The molecule has 0 bridgehead atoms. The third kappa shape index (κ3) is 2.38. The smallest absolute Gasteiger partial charge is 0.255 e. The second kappa shape index (κ2) is 4.81. The van der Waals surface area contributed by atoms with E-state index in [-0.39, 0.29) is 5.91 Å². The molecule has 94 valence electrons. The average molecular weight is 309 g/mol. The maximum absolute atomic E-state index is 12.1. The van der Waals surface area contributed by atoms with E-state index < -0.39 is 0 Å². The van der Waals surface area contributed by atoms with Crippen molar-refractivity contribution in [2.24, 2.45) is 0 Å². The predicted molar refractivity (Wildman–Crippen MR) is 74.6 cm³/mol. The maximum atomic E-state index is 12.1. The molecule has 1 aromatic heterocycles. The molecule has 0 fully saturated rings. The topological polar surface area (TPSA) is 83.8 Å². The number of rotatable bonds is 2. The summed E-state index contributed by atoms with van der Waals surface area (Å²) in [5, 5.41) is 9.67. The van der Waals surface area contributed by atoms with E-state index in [0.717, 1.165) is 11.4 Å². The summed E-state index contributed by atoms with van der Waals surface area (Å²) in [4.78, 5) is 12.1. The van der Waals surface area contributed by atoms with E-state index in [9.17, 15) is 4.79 Å². The average Bonchev–Trinajstić information content (AvgIpc) is 2.64. The zero-order valence-electron chi connectivity index (χ0n) is 10.0. The first kappa shape index (κ1) is 12.6. The Labute approximate surface area is 113 Å². The SMILES string of the molecule is Cc1n[nH]c(C)c1NC(=O)c1ccc(N)c(Br)c1. The van der Waals surface area contributed by atoms with Crippen LogP contribution >= 0.6 is 15.9 Å². The first-order valence-electron chi connectivity index (χ1n) is 5.37. The van der Waals surface area contributed by atoms with Crippen molar-refractivity contribution in [3.05, 3.63) is 39.6 Å². The van der Waals surface area contributed by atoms with Crippen LogP contribution in [0.1, 0.15) is 21.7 Å². The largest absolute Gasteiger partial charge is 0.398 e. The minimum atomic E-state index is -0.191.